The second kappa shape index (κ2) is 11.6. The van der Waals surface area contributed by atoms with Gasteiger partial charge < -0.3 is 10.2 Å². The highest BCUT2D eigenvalue weighted by Gasteiger charge is 2.26. The lowest BCUT2D eigenvalue weighted by atomic mass is 9.96. The van der Waals surface area contributed by atoms with Crippen LogP contribution in [-0.2, 0) is 24.4 Å². The molecule has 1 atom stereocenters. The van der Waals surface area contributed by atoms with Crippen LogP contribution in [0.3, 0.4) is 0 Å². The fraction of sp³-hybridized carbons (Fsp3) is 0.519. The molecular formula is C27H38N4O. The maximum atomic E-state index is 13.0. The maximum absolute atomic E-state index is 13.0. The average molecular weight is 435 g/mol. The van der Waals surface area contributed by atoms with Crippen LogP contribution in [0.2, 0.25) is 0 Å². The monoisotopic (exact) mass is 434 g/mol. The average Bonchev–Trinajstić information content (AvgIpc) is 2.84. The Labute approximate surface area is 193 Å². The van der Waals surface area contributed by atoms with Gasteiger partial charge in [-0.1, -0.05) is 61.5 Å². The van der Waals surface area contributed by atoms with E-state index < -0.39 is 0 Å². The van der Waals surface area contributed by atoms with E-state index in [0.717, 1.165) is 71.7 Å². The molecule has 5 heteroatoms. The molecule has 0 aromatic heterocycles. The lowest BCUT2D eigenvalue weighted by Gasteiger charge is -2.34. The molecule has 0 saturated carbocycles. The number of rotatable bonds is 8. The fourth-order valence-electron chi connectivity index (χ4n) is 4.97. The maximum Gasteiger partial charge on any atom is 0.224 e. The minimum absolute atomic E-state index is 0.0849. The van der Waals surface area contributed by atoms with Gasteiger partial charge in [0.05, 0.1) is 5.92 Å². The Morgan fingerprint density at radius 2 is 1.53 bits per heavy atom. The van der Waals surface area contributed by atoms with E-state index in [9.17, 15) is 4.79 Å². The molecule has 1 unspecified atom stereocenters. The molecule has 5 nitrogen and oxygen atoms in total. The number of hydrogen-bond acceptors (Lipinski definition) is 4. The summed E-state index contributed by atoms with van der Waals surface area (Å²) in [5.74, 6) is 0.288. The van der Waals surface area contributed by atoms with E-state index in [1.54, 1.807) is 0 Å². The molecule has 2 aromatic rings. The third-order valence-electron chi connectivity index (χ3n) is 7.00. The first kappa shape index (κ1) is 23.0. The van der Waals surface area contributed by atoms with Crippen LogP contribution in [0.4, 0.5) is 0 Å². The number of piperidine rings is 1. The molecule has 32 heavy (non-hydrogen) atoms. The molecule has 2 heterocycles. The van der Waals surface area contributed by atoms with Crippen molar-refractivity contribution in [1.29, 1.82) is 0 Å². The SMILES string of the molecule is CCN1CCN(Cc2ccccc2CNC(=O)C2CCCN(Cc3ccccc3)C2)CC1. The first-order valence-electron chi connectivity index (χ1n) is 12.3. The number of nitrogens with one attached hydrogen (secondary N) is 1. The number of nitrogens with zero attached hydrogens (tertiary/aromatic N) is 3. The second-order valence-electron chi connectivity index (χ2n) is 9.26. The lowest BCUT2D eigenvalue weighted by Crippen LogP contribution is -2.45. The molecule has 0 bridgehead atoms. The Kier molecular flexibility index (Phi) is 8.32. The van der Waals surface area contributed by atoms with Crippen LogP contribution in [0.25, 0.3) is 0 Å². The molecule has 2 aliphatic rings. The number of carbonyl (C=O) groups excluding carboxylic acids is 1. The molecule has 4 rings (SSSR count). The summed E-state index contributed by atoms with van der Waals surface area (Å²) in [5, 5.41) is 3.25. The molecule has 0 spiro atoms. The molecule has 2 fully saturated rings. The molecule has 1 N–H and O–H groups in total. The normalized spacial score (nSPS) is 20.8. The van der Waals surface area contributed by atoms with Crippen molar-refractivity contribution in [3.05, 3.63) is 71.3 Å². The van der Waals surface area contributed by atoms with Gasteiger partial charge in [0, 0.05) is 52.4 Å². The Hall–Kier alpha value is -2.21. The first-order valence-corrected chi connectivity index (χ1v) is 12.3. The zero-order valence-corrected chi connectivity index (χ0v) is 19.5. The number of benzene rings is 2. The van der Waals surface area contributed by atoms with Crippen LogP contribution in [0.15, 0.2) is 54.6 Å². The zero-order chi connectivity index (χ0) is 22.2. The van der Waals surface area contributed by atoms with Crippen molar-refractivity contribution in [3.8, 4) is 0 Å². The van der Waals surface area contributed by atoms with E-state index >= 15 is 0 Å². The Morgan fingerprint density at radius 3 is 2.28 bits per heavy atom. The second-order valence-corrected chi connectivity index (χ2v) is 9.26. The number of hydrogen-bond donors (Lipinski definition) is 1. The van der Waals surface area contributed by atoms with Crippen molar-refractivity contribution < 1.29 is 4.79 Å². The van der Waals surface area contributed by atoms with Crippen molar-refractivity contribution in [2.75, 3.05) is 45.8 Å². The number of amides is 1. The summed E-state index contributed by atoms with van der Waals surface area (Å²) in [5.41, 5.74) is 3.91. The van der Waals surface area contributed by atoms with Crippen LogP contribution < -0.4 is 5.32 Å². The number of likely N-dealkylation sites (N-methyl/N-ethyl adjacent to an activating group) is 1. The predicted octanol–water partition coefficient (Wildman–Crippen LogP) is 3.35. The van der Waals surface area contributed by atoms with Gasteiger partial charge in [0.2, 0.25) is 5.91 Å². The first-order chi connectivity index (χ1) is 15.7. The van der Waals surface area contributed by atoms with Crippen LogP contribution in [0.5, 0.6) is 0 Å². The van der Waals surface area contributed by atoms with Crippen molar-refractivity contribution in [3.63, 3.8) is 0 Å². The predicted molar refractivity (Wildman–Crippen MR) is 130 cm³/mol. The fourth-order valence-corrected chi connectivity index (χ4v) is 4.97. The minimum atomic E-state index is 0.0849. The smallest absolute Gasteiger partial charge is 0.224 e. The lowest BCUT2D eigenvalue weighted by molar-refractivity contribution is -0.126. The molecule has 172 valence electrons. The van der Waals surface area contributed by atoms with Gasteiger partial charge >= 0.3 is 0 Å². The Morgan fingerprint density at radius 1 is 0.844 bits per heavy atom. The van der Waals surface area contributed by atoms with E-state index in [0.29, 0.717) is 6.54 Å². The van der Waals surface area contributed by atoms with E-state index in [2.05, 4.69) is 81.5 Å². The molecule has 2 aromatic carbocycles. The molecule has 1 amide bonds. The minimum Gasteiger partial charge on any atom is -0.352 e. The molecular weight excluding hydrogens is 396 g/mol. The van der Waals surface area contributed by atoms with Gasteiger partial charge in [0.25, 0.3) is 0 Å². The molecule has 0 aliphatic carbocycles. The number of likely N-dealkylation sites (tertiary alicyclic amines) is 1. The van der Waals surface area contributed by atoms with Gasteiger partial charge in [-0.25, -0.2) is 0 Å². The van der Waals surface area contributed by atoms with Gasteiger partial charge in [-0.05, 0) is 42.6 Å². The van der Waals surface area contributed by atoms with Gasteiger partial charge in [0.15, 0.2) is 0 Å². The van der Waals surface area contributed by atoms with Gasteiger partial charge in [0.1, 0.15) is 0 Å². The van der Waals surface area contributed by atoms with Crippen LogP contribution in [-0.4, -0.2) is 66.4 Å². The topological polar surface area (TPSA) is 38.8 Å². The van der Waals surface area contributed by atoms with Crippen molar-refractivity contribution >= 4 is 5.91 Å². The third kappa shape index (κ3) is 6.41. The van der Waals surface area contributed by atoms with E-state index in [1.165, 1.54) is 16.7 Å². The Balaban J connectivity index is 1.28. The van der Waals surface area contributed by atoms with Gasteiger partial charge in [-0.3, -0.25) is 14.6 Å². The zero-order valence-electron chi connectivity index (χ0n) is 19.5. The highest BCUT2D eigenvalue weighted by molar-refractivity contribution is 5.79. The standard InChI is InChI=1S/C27H38N4O/c1-2-29-15-17-30(18-16-29)21-25-12-7-6-11-24(25)19-28-27(32)26-13-8-14-31(22-26)20-23-9-4-3-5-10-23/h3-7,9-12,26H,2,8,13-22H2,1H3,(H,28,32). The summed E-state index contributed by atoms with van der Waals surface area (Å²) in [6.45, 7) is 12.4. The molecule has 0 radical (unpaired) electrons. The van der Waals surface area contributed by atoms with E-state index in [-0.39, 0.29) is 11.8 Å². The van der Waals surface area contributed by atoms with E-state index in [1.807, 2.05) is 0 Å². The third-order valence-corrected chi connectivity index (χ3v) is 7.00. The number of piperazine rings is 1. The summed E-state index contributed by atoms with van der Waals surface area (Å²) in [4.78, 5) is 20.5. The largest absolute Gasteiger partial charge is 0.352 e. The highest BCUT2D eigenvalue weighted by Crippen LogP contribution is 2.20. The summed E-state index contributed by atoms with van der Waals surface area (Å²) in [6.07, 6.45) is 2.08. The molecule has 2 saturated heterocycles. The van der Waals surface area contributed by atoms with Gasteiger partial charge in [-0.2, -0.15) is 0 Å². The van der Waals surface area contributed by atoms with Gasteiger partial charge in [-0.15, -0.1) is 0 Å². The van der Waals surface area contributed by atoms with Crippen molar-refractivity contribution in [2.45, 2.75) is 39.4 Å². The highest BCUT2D eigenvalue weighted by atomic mass is 16.1. The number of carbonyl (C=O) groups is 1. The van der Waals surface area contributed by atoms with Crippen molar-refractivity contribution in [2.24, 2.45) is 5.92 Å². The van der Waals surface area contributed by atoms with Crippen LogP contribution in [0, 0.1) is 5.92 Å². The quantitative estimate of drug-likeness (QED) is 0.692. The summed E-state index contributed by atoms with van der Waals surface area (Å²) in [6, 6.07) is 19.2. The van der Waals surface area contributed by atoms with Crippen LogP contribution >= 0.6 is 0 Å². The molecule has 2 aliphatic heterocycles. The van der Waals surface area contributed by atoms with E-state index in [4.69, 9.17) is 0 Å². The van der Waals surface area contributed by atoms with Crippen LogP contribution in [0.1, 0.15) is 36.5 Å². The summed E-state index contributed by atoms with van der Waals surface area (Å²) < 4.78 is 0. The van der Waals surface area contributed by atoms with Crippen molar-refractivity contribution in [1.82, 2.24) is 20.0 Å². The Bertz CT molecular complexity index is 848. The summed E-state index contributed by atoms with van der Waals surface area (Å²) >= 11 is 0. The summed E-state index contributed by atoms with van der Waals surface area (Å²) in [7, 11) is 0.